The predicted molar refractivity (Wildman–Crippen MR) is 88.4 cm³/mol. The van der Waals surface area contributed by atoms with Crippen molar-refractivity contribution in [1.29, 1.82) is 5.26 Å². The molecule has 1 aliphatic heterocycles. The first-order valence-electron chi connectivity index (χ1n) is 8.05. The van der Waals surface area contributed by atoms with Crippen LogP contribution < -0.4 is 10.1 Å². The van der Waals surface area contributed by atoms with Crippen LogP contribution >= 0.6 is 0 Å². The number of carbonyl (C=O) groups excluding carboxylic acids is 2. The summed E-state index contributed by atoms with van der Waals surface area (Å²) >= 11 is 0. The monoisotopic (exact) mass is 341 g/mol. The molecule has 0 bridgehead atoms. The fourth-order valence-corrected chi connectivity index (χ4v) is 3.03. The van der Waals surface area contributed by atoms with Gasteiger partial charge in [0.15, 0.2) is 6.61 Å². The number of allylic oxidation sites excluding steroid dienone is 1. The van der Waals surface area contributed by atoms with Crippen LogP contribution in [-0.4, -0.2) is 36.7 Å². The highest BCUT2D eigenvalue weighted by molar-refractivity contribution is 5.95. The van der Waals surface area contributed by atoms with E-state index >= 15 is 0 Å². The van der Waals surface area contributed by atoms with E-state index < -0.39 is 12.0 Å². The SMILES string of the molecule is COC(=O)C1=C(C)N(C2CC2)C(=O)N[C@H]1c1ccc(OCC#N)cc1. The van der Waals surface area contributed by atoms with Crippen molar-refractivity contribution in [2.45, 2.75) is 31.8 Å². The lowest BCUT2D eigenvalue weighted by Crippen LogP contribution is -2.48. The third kappa shape index (κ3) is 3.29. The van der Waals surface area contributed by atoms with Gasteiger partial charge >= 0.3 is 12.0 Å². The Kier molecular flexibility index (Phi) is 4.61. The van der Waals surface area contributed by atoms with Crippen LogP contribution in [0.25, 0.3) is 0 Å². The number of carbonyl (C=O) groups is 2. The van der Waals surface area contributed by atoms with E-state index in [1.54, 1.807) is 36.1 Å². The Bertz CT molecular complexity index is 760. The molecule has 0 spiro atoms. The molecular weight excluding hydrogens is 322 g/mol. The molecule has 2 amide bonds. The van der Waals surface area contributed by atoms with Gasteiger partial charge in [-0.1, -0.05) is 12.1 Å². The predicted octanol–water partition coefficient (Wildman–Crippen LogP) is 2.26. The number of rotatable bonds is 5. The highest BCUT2D eigenvalue weighted by Crippen LogP contribution is 2.38. The molecular formula is C18H19N3O4. The second kappa shape index (κ2) is 6.85. The van der Waals surface area contributed by atoms with Crippen molar-refractivity contribution in [3.8, 4) is 11.8 Å². The molecule has 0 radical (unpaired) electrons. The molecule has 25 heavy (non-hydrogen) atoms. The second-order valence-corrected chi connectivity index (χ2v) is 5.99. The van der Waals surface area contributed by atoms with Gasteiger partial charge < -0.3 is 14.8 Å². The molecule has 7 nitrogen and oxygen atoms in total. The maximum absolute atomic E-state index is 12.5. The zero-order valence-corrected chi connectivity index (χ0v) is 14.1. The number of nitrogens with zero attached hydrogens (tertiary/aromatic N) is 2. The van der Waals surface area contributed by atoms with E-state index in [2.05, 4.69) is 5.32 Å². The summed E-state index contributed by atoms with van der Waals surface area (Å²) in [6, 6.07) is 8.21. The molecule has 1 aromatic rings. The van der Waals surface area contributed by atoms with Gasteiger partial charge in [-0.15, -0.1) is 0 Å². The molecule has 0 saturated heterocycles. The van der Waals surface area contributed by atoms with Gasteiger partial charge in [0.1, 0.15) is 11.8 Å². The first-order chi connectivity index (χ1) is 12.1. The third-order valence-corrected chi connectivity index (χ3v) is 4.36. The van der Waals surface area contributed by atoms with Crippen LogP contribution in [0.4, 0.5) is 4.79 Å². The first-order valence-corrected chi connectivity index (χ1v) is 8.05. The molecule has 0 aromatic heterocycles. The number of amides is 2. The molecule has 0 unspecified atom stereocenters. The van der Waals surface area contributed by atoms with E-state index in [1.165, 1.54) is 7.11 Å². The molecule has 1 atom stereocenters. The maximum Gasteiger partial charge on any atom is 0.337 e. The van der Waals surface area contributed by atoms with Crippen molar-refractivity contribution in [2.75, 3.05) is 13.7 Å². The average Bonchev–Trinajstić information content (AvgIpc) is 3.44. The Morgan fingerprint density at radius 2 is 2.04 bits per heavy atom. The fraction of sp³-hybridized carbons (Fsp3) is 0.389. The van der Waals surface area contributed by atoms with E-state index in [0.717, 1.165) is 18.4 Å². The Hall–Kier alpha value is -3.01. The molecule has 2 aliphatic rings. The normalized spacial score (nSPS) is 20.0. The van der Waals surface area contributed by atoms with Crippen LogP contribution in [0.2, 0.25) is 0 Å². The molecule has 3 rings (SSSR count). The van der Waals surface area contributed by atoms with Crippen LogP contribution in [0.3, 0.4) is 0 Å². The quantitative estimate of drug-likeness (QED) is 0.830. The molecule has 1 N–H and O–H groups in total. The van der Waals surface area contributed by atoms with Gasteiger partial charge in [0.25, 0.3) is 0 Å². The van der Waals surface area contributed by atoms with Crippen LogP contribution in [0.1, 0.15) is 31.4 Å². The molecule has 1 fully saturated rings. The van der Waals surface area contributed by atoms with E-state index in [1.807, 2.05) is 6.07 Å². The van der Waals surface area contributed by atoms with E-state index in [4.69, 9.17) is 14.7 Å². The van der Waals surface area contributed by atoms with Gasteiger partial charge in [0.05, 0.1) is 18.7 Å². The summed E-state index contributed by atoms with van der Waals surface area (Å²) in [6.07, 6.45) is 1.88. The summed E-state index contributed by atoms with van der Waals surface area (Å²) in [7, 11) is 1.33. The zero-order chi connectivity index (χ0) is 18.0. The Morgan fingerprint density at radius 3 is 2.60 bits per heavy atom. The third-order valence-electron chi connectivity index (χ3n) is 4.36. The van der Waals surface area contributed by atoms with Gasteiger partial charge in [-0.2, -0.15) is 5.26 Å². The Morgan fingerprint density at radius 1 is 1.36 bits per heavy atom. The molecule has 1 saturated carbocycles. The zero-order valence-electron chi connectivity index (χ0n) is 14.1. The molecule has 130 valence electrons. The number of nitrogens with one attached hydrogen (secondary N) is 1. The number of nitriles is 1. The van der Waals surface area contributed by atoms with Crippen molar-refractivity contribution in [2.24, 2.45) is 0 Å². The van der Waals surface area contributed by atoms with E-state index in [0.29, 0.717) is 17.0 Å². The van der Waals surface area contributed by atoms with Crippen LogP contribution in [0.15, 0.2) is 35.5 Å². The number of benzene rings is 1. The molecule has 7 heteroatoms. The van der Waals surface area contributed by atoms with Crippen LogP contribution in [0, 0.1) is 11.3 Å². The number of hydrogen-bond acceptors (Lipinski definition) is 5. The molecule has 1 heterocycles. The summed E-state index contributed by atoms with van der Waals surface area (Å²) in [5.74, 6) is 0.0883. The lowest BCUT2D eigenvalue weighted by atomic mass is 9.94. The largest absolute Gasteiger partial charge is 0.479 e. The smallest absolute Gasteiger partial charge is 0.337 e. The average molecular weight is 341 g/mol. The number of methoxy groups -OCH3 is 1. The minimum Gasteiger partial charge on any atom is -0.479 e. The minimum absolute atomic E-state index is 0.0394. The van der Waals surface area contributed by atoms with E-state index in [9.17, 15) is 9.59 Å². The van der Waals surface area contributed by atoms with Crippen molar-refractivity contribution in [1.82, 2.24) is 10.2 Å². The first kappa shape index (κ1) is 16.8. The molecule has 1 aliphatic carbocycles. The highest BCUT2D eigenvalue weighted by Gasteiger charge is 2.42. The van der Waals surface area contributed by atoms with Gasteiger partial charge in [-0.3, -0.25) is 4.90 Å². The van der Waals surface area contributed by atoms with E-state index in [-0.39, 0.29) is 18.7 Å². The summed E-state index contributed by atoms with van der Waals surface area (Å²) in [4.78, 5) is 26.5. The van der Waals surface area contributed by atoms with Crippen LogP contribution in [0.5, 0.6) is 5.75 Å². The van der Waals surface area contributed by atoms with Gasteiger partial charge in [0, 0.05) is 11.7 Å². The van der Waals surface area contributed by atoms with Gasteiger partial charge in [-0.25, -0.2) is 9.59 Å². The van der Waals surface area contributed by atoms with Gasteiger partial charge in [-0.05, 0) is 37.5 Å². The Labute approximate surface area is 145 Å². The van der Waals surface area contributed by atoms with Crippen molar-refractivity contribution >= 4 is 12.0 Å². The van der Waals surface area contributed by atoms with Crippen molar-refractivity contribution < 1.29 is 19.1 Å². The van der Waals surface area contributed by atoms with Crippen molar-refractivity contribution in [3.63, 3.8) is 0 Å². The molecule has 1 aromatic carbocycles. The number of hydrogen-bond donors (Lipinski definition) is 1. The fourth-order valence-electron chi connectivity index (χ4n) is 3.03. The lowest BCUT2D eigenvalue weighted by Gasteiger charge is -2.35. The van der Waals surface area contributed by atoms with Crippen LogP contribution in [-0.2, 0) is 9.53 Å². The second-order valence-electron chi connectivity index (χ2n) is 5.99. The summed E-state index contributed by atoms with van der Waals surface area (Å²) in [5.41, 5.74) is 1.81. The maximum atomic E-state index is 12.5. The Balaban J connectivity index is 1.94. The minimum atomic E-state index is -0.583. The van der Waals surface area contributed by atoms with Crippen molar-refractivity contribution in [3.05, 3.63) is 41.1 Å². The summed E-state index contributed by atoms with van der Waals surface area (Å²) in [6.45, 7) is 1.74. The summed E-state index contributed by atoms with van der Waals surface area (Å²) in [5, 5.41) is 11.5. The number of ether oxygens (including phenoxy) is 2. The number of urea groups is 1. The standard InChI is InChI=1S/C18H19N3O4/c1-11-15(17(22)24-2)16(20-18(23)21(11)13-5-6-13)12-3-7-14(8-4-12)25-10-9-19/h3-4,7-8,13,16H,5-6,10H2,1-2H3,(H,20,23)/t16-/m0/s1. The summed E-state index contributed by atoms with van der Waals surface area (Å²) < 4.78 is 10.2. The lowest BCUT2D eigenvalue weighted by molar-refractivity contribution is -0.136. The topological polar surface area (TPSA) is 91.7 Å². The van der Waals surface area contributed by atoms with Gasteiger partial charge in [0.2, 0.25) is 0 Å². The highest BCUT2D eigenvalue weighted by atomic mass is 16.5. The number of esters is 1.